The first-order chi connectivity index (χ1) is 14.3. The third kappa shape index (κ3) is 3.39. The minimum Gasteiger partial charge on any atom is -0.293 e. The average molecular weight is 396 g/mol. The van der Waals surface area contributed by atoms with Crippen molar-refractivity contribution in [3.63, 3.8) is 0 Å². The zero-order valence-electron chi connectivity index (χ0n) is 15.4. The Hall–Kier alpha value is -3.51. The highest BCUT2D eigenvalue weighted by atomic mass is 32.2. The summed E-state index contributed by atoms with van der Waals surface area (Å²) in [6.07, 6.45) is 0. The van der Waals surface area contributed by atoms with Gasteiger partial charge in [0.1, 0.15) is 0 Å². The average Bonchev–Trinajstić information content (AvgIpc) is 3.24. The Morgan fingerprint density at radius 2 is 1.52 bits per heavy atom. The summed E-state index contributed by atoms with van der Waals surface area (Å²) in [4.78, 5) is 22.1. The standard InChI is InChI=1S/C23H16N4OS/c28-20(16-9-3-1-4-10-16)15-29-23-24-19-14-8-7-13-18(19)22-25-21(26-27(22)23)17-11-5-2-6-12-17/h1-14H,15H2. The second-order valence-electron chi connectivity index (χ2n) is 6.53. The first-order valence-corrected chi connectivity index (χ1v) is 10.2. The summed E-state index contributed by atoms with van der Waals surface area (Å²) in [6, 6.07) is 27.0. The first-order valence-electron chi connectivity index (χ1n) is 9.21. The predicted molar refractivity (Wildman–Crippen MR) is 115 cm³/mol. The van der Waals surface area contributed by atoms with Crippen molar-refractivity contribution in [2.45, 2.75) is 5.16 Å². The molecule has 0 amide bonds. The molecule has 29 heavy (non-hydrogen) atoms. The van der Waals surface area contributed by atoms with E-state index in [2.05, 4.69) is 0 Å². The fraction of sp³-hybridized carbons (Fsp3) is 0.0435. The number of hydrogen-bond acceptors (Lipinski definition) is 5. The molecule has 5 nitrogen and oxygen atoms in total. The molecule has 0 aliphatic rings. The van der Waals surface area contributed by atoms with Crippen LogP contribution < -0.4 is 0 Å². The van der Waals surface area contributed by atoms with Crippen LogP contribution in [0.5, 0.6) is 0 Å². The van der Waals surface area contributed by atoms with E-state index in [1.807, 2.05) is 84.9 Å². The van der Waals surface area contributed by atoms with Gasteiger partial charge in [0.25, 0.3) is 0 Å². The van der Waals surface area contributed by atoms with Gasteiger partial charge in [0.15, 0.2) is 22.4 Å². The molecule has 0 unspecified atom stereocenters. The van der Waals surface area contributed by atoms with Crippen LogP contribution in [0.15, 0.2) is 90.1 Å². The number of carbonyl (C=O) groups excluding carboxylic acids is 1. The van der Waals surface area contributed by atoms with Crippen molar-refractivity contribution in [2.75, 3.05) is 5.75 Å². The van der Waals surface area contributed by atoms with E-state index in [0.717, 1.165) is 22.1 Å². The number of rotatable bonds is 5. The van der Waals surface area contributed by atoms with Crippen molar-refractivity contribution in [1.82, 2.24) is 19.6 Å². The van der Waals surface area contributed by atoms with Crippen molar-refractivity contribution < 1.29 is 4.79 Å². The maximum Gasteiger partial charge on any atom is 0.192 e. The molecule has 0 aliphatic heterocycles. The second-order valence-corrected chi connectivity index (χ2v) is 7.47. The number of thioether (sulfide) groups is 1. The highest BCUT2D eigenvalue weighted by Crippen LogP contribution is 2.26. The number of nitrogens with zero attached hydrogens (tertiary/aromatic N) is 4. The number of para-hydroxylation sites is 1. The molecule has 2 heterocycles. The molecule has 0 saturated heterocycles. The maximum atomic E-state index is 12.6. The van der Waals surface area contributed by atoms with Crippen LogP contribution in [0.25, 0.3) is 27.9 Å². The van der Waals surface area contributed by atoms with Crippen LogP contribution in [0.4, 0.5) is 0 Å². The quantitative estimate of drug-likeness (QED) is 0.240. The van der Waals surface area contributed by atoms with Gasteiger partial charge in [-0.2, -0.15) is 4.52 Å². The van der Waals surface area contributed by atoms with Crippen LogP contribution in [0.3, 0.4) is 0 Å². The molecule has 6 heteroatoms. The molecular formula is C23H16N4OS. The van der Waals surface area contributed by atoms with Crippen molar-refractivity contribution in [3.05, 3.63) is 90.5 Å². The summed E-state index contributed by atoms with van der Waals surface area (Å²) < 4.78 is 1.74. The Morgan fingerprint density at radius 1 is 0.828 bits per heavy atom. The molecule has 0 N–H and O–H groups in total. The highest BCUT2D eigenvalue weighted by molar-refractivity contribution is 7.99. The Balaban J connectivity index is 1.58. The molecule has 0 aliphatic carbocycles. The lowest BCUT2D eigenvalue weighted by atomic mass is 10.2. The Bertz CT molecular complexity index is 1320. The molecular weight excluding hydrogens is 380 g/mol. The SMILES string of the molecule is O=C(CSc1nc2ccccc2c2nc(-c3ccccc3)nn12)c1ccccc1. The monoisotopic (exact) mass is 396 g/mol. The van der Waals surface area contributed by atoms with E-state index in [-0.39, 0.29) is 11.5 Å². The van der Waals surface area contributed by atoms with E-state index in [9.17, 15) is 4.79 Å². The van der Waals surface area contributed by atoms with Crippen molar-refractivity contribution >= 4 is 34.1 Å². The van der Waals surface area contributed by atoms with Crippen LogP contribution in [0.2, 0.25) is 0 Å². The van der Waals surface area contributed by atoms with Gasteiger partial charge in [-0.1, -0.05) is 84.6 Å². The Labute approximate surface area is 171 Å². The molecule has 0 atom stereocenters. The van der Waals surface area contributed by atoms with Crippen LogP contribution >= 0.6 is 11.8 Å². The summed E-state index contributed by atoms with van der Waals surface area (Å²) in [6.45, 7) is 0. The van der Waals surface area contributed by atoms with E-state index in [1.165, 1.54) is 11.8 Å². The Kier molecular flexibility index (Phi) is 4.54. The van der Waals surface area contributed by atoms with Gasteiger partial charge in [0.05, 0.1) is 11.3 Å². The van der Waals surface area contributed by atoms with Crippen molar-refractivity contribution in [1.29, 1.82) is 0 Å². The number of ketones is 1. The van der Waals surface area contributed by atoms with Gasteiger partial charge in [0.2, 0.25) is 0 Å². The topological polar surface area (TPSA) is 60.2 Å². The lowest BCUT2D eigenvalue weighted by molar-refractivity contribution is 0.102. The largest absolute Gasteiger partial charge is 0.293 e. The van der Waals surface area contributed by atoms with E-state index in [4.69, 9.17) is 15.1 Å². The number of hydrogen-bond donors (Lipinski definition) is 0. The minimum atomic E-state index is 0.0575. The van der Waals surface area contributed by atoms with Crippen LogP contribution in [0, 0.1) is 0 Å². The summed E-state index contributed by atoms with van der Waals surface area (Å²) in [5, 5.41) is 6.28. The van der Waals surface area contributed by atoms with Gasteiger partial charge in [-0.3, -0.25) is 4.79 Å². The fourth-order valence-electron chi connectivity index (χ4n) is 3.17. The minimum absolute atomic E-state index is 0.0575. The summed E-state index contributed by atoms with van der Waals surface area (Å²) in [5.74, 6) is 0.979. The van der Waals surface area contributed by atoms with Gasteiger partial charge in [0, 0.05) is 16.5 Å². The zero-order chi connectivity index (χ0) is 19.6. The molecule has 3 aromatic carbocycles. The van der Waals surface area contributed by atoms with Crippen molar-refractivity contribution in [3.8, 4) is 11.4 Å². The fourth-order valence-corrected chi connectivity index (χ4v) is 4.01. The van der Waals surface area contributed by atoms with Crippen LogP contribution in [-0.4, -0.2) is 31.1 Å². The summed E-state index contributed by atoms with van der Waals surface area (Å²) >= 11 is 1.38. The number of aromatic nitrogens is 4. The molecule has 0 fully saturated rings. The number of benzene rings is 3. The zero-order valence-corrected chi connectivity index (χ0v) is 16.2. The first kappa shape index (κ1) is 17.6. The molecule has 0 radical (unpaired) electrons. The van der Waals surface area contributed by atoms with Gasteiger partial charge in [-0.05, 0) is 12.1 Å². The van der Waals surface area contributed by atoms with E-state index in [0.29, 0.717) is 16.5 Å². The lowest BCUT2D eigenvalue weighted by Crippen LogP contribution is -2.05. The molecule has 5 rings (SSSR count). The predicted octanol–water partition coefficient (Wildman–Crippen LogP) is 4.92. The van der Waals surface area contributed by atoms with Gasteiger partial charge >= 0.3 is 0 Å². The molecule has 0 spiro atoms. The summed E-state index contributed by atoms with van der Waals surface area (Å²) in [7, 11) is 0. The molecule has 5 aromatic rings. The summed E-state index contributed by atoms with van der Waals surface area (Å²) in [5.41, 5.74) is 3.21. The van der Waals surface area contributed by atoms with Gasteiger partial charge in [-0.25, -0.2) is 9.97 Å². The number of fused-ring (bicyclic) bond motifs is 3. The van der Waals surface area contributed by atoms with E-state index < -0.39 is 0 Å². The lowest BCUT2D eigenvalue weighted by Gasteiger charge is -2.06. The van der Waals surface area contributed by atoms with Gasteiger partial charge < -0.3 is 0 Å². The molecule has 0 bridgehead atoms. The molecule has 2 aromatic heterocycles. The van der Waals surface area contributed by atoms with Crippen LogP contribution in [-0.2, 0) is 0 Å². The molecule has 140 valence electrons. The van der Waals surface area contributed by atoms with E-state index in [1.54, 1.807) is 4.52 Å². The normalized spacial score (nSPS) is 11.2. The third-order valence-corrected chi connectivity index (χ3v) is 5.54. The van der Waals surface area contributed by atoms with Gasteiger partial charge in [-0.15, -0.1) is 5.10 Å². The van der Waals surface area contributed by atoms with Crippen LogP contribution in [0.1, 0.15) is 10.4 Å². The number of carbonyl (C=O) groups is 1. The maximum absolute atomic E-state index is 12.6. The number of Topliss-reactive ketones (excluding diaryl/α,β-unsaturated/α-hetero) is 1. The van der Waals surface area contributed by atoms with Crippen molar-refractivity contribution in [2.24, 2.45) is 0 Å². The Morgan fingerprint density at radius 3 is 2.31 bits per heavy atom. The second kappa shape index (κ2) is 7.48. The smallest absolute Gasteiger partial charge is 0.192 e. The van der Waals surface area contributed by atoms with E-state index >= 15 is 0 Å². The highest BCUT2D eigenvalue weighted by Gasteiger charge is 2.16. The molecule has 0 saturated carbocycles. The third-order valence-electron chi connectivity index (χ3n) is 4.61.